The molecule has 0 N–H and O–H groups in total. The minimum absolute atomic E-state index is 0.118. The van der Waals surface area contributed by atoms with Crippen LogP contribution in [0.25, 0.3) is 0 Å². The lowest BCUT2D eigenvalue weighted by molar-refractivity contribution is -0.121. The molecule has 1 aromatic carbocycles. The first-order valence-corrected chi connectivity index (χ1v) is 10.6. The zero-order chi connectivity index (χ0) is 21.9. The maximum absolute atomic E-state index is 12.4. The average Bonchev–Trinajstić information content (AvgIpc) is 2.71. The number of aryl methyl sites for hydroxylation is 1. The van der Waals surface area contributed by atoms with Crippen molar-refractivity contribution in [3.63, 3.8) is 0 Å². The number of thioether (sulfide) groups is 1. The van der Waals surface area contributed by atoms with Crippen molar-refractivity contribution in [1.29, 1.82) is 0 Å². The number of benzene rings is 1. The number of amides is 1. The normalized spacial score (nSPS) is 14.9. The second kappa shape index (κ2) is 12.2. The Morgan fingerprint density at radius 2 is 2.10 bits per heavy atom. The fraction of sp³-hybridized carbons (Fsp3) is 0.409. The first-order valence-electron chi connectivity index (χ1n) is 9.76. The van der Waals surface area contributed by atoms with E-state index in [9.17, 15) is 14.4 Å². The molecule has 0 saturated carbocycles. The number of methoxy groups -OCH3 is 1. The number of nitrogens with zero attached hydrogens (tertiary/aromatic N) is 2. The highest BCUT2D eigenvalue weighted by Crippen LogP contribution is 2.23. The van der Waals surface area contributed by atoms with Gasteiger partial charge >= 0.3 is 11.4 Å². The van der Waals surface area contributed by atoms with Crippen LogP contribution in [0.4, 0.5) is 9.59 Å². The van der Waals surface area contributed by atoms with E-state index in [1.54, 1.807) is 12.2 Å². The Bertz CT molecular complexity index is 808. The smallest absolute Gasteiger partial charge is 0.424 e. The van der Waals surface area contributed by atoms with Crippen molar-refractivity contribution in [2.24, 2.45) is 0 Å². The summed E-state index contributed by atoms with van der Waals surface area (Å²) in [5.41, 5.74) is 2.12. The first kappa shape index (κ1) is 23.7. The van der Waals surface area contributed by atoms with E-state index in [0.717, 1.165) is 27.8 Å². The van der Waals surface area contributed by atoms with E-state index in [-0.39, 0.29) is 12.4 Å². The summed E-state index contributed by atoms with van der Waals surface area (Å²) < 4.78 is 9.83. The van der Waals surface area contributed by atoms with E-state index < -0.39 is 11.4 Å². The molecule has 30 heavy (non-hydrogen) atoms. The lowest BCUT2D eigenvalue weighted by Gasteiger charge is -2.37. The molecule has 1 aliphatic heterocycles. The third kappa shape index (κ3) is 7.68. The molecule has 0 spiro atoms. The molecule has 0 radical (unpaired) electrons. The van der Waals surface area contributed by atoms with Crippen LogP contribution in [0.3, 0.4) is 0 Å². The van der Waals surface area contributed by atoms with E-state index >= 15 is 0 Å². The second-order valence-corrected chi connectivity index (χ2v) is 7.88. The molecule has 8 heteroatoms. The molecule has 1 aromatic rings. The van der Waals surface area contributed by atoms with Crippen LogP contribution in [0.5, 0.6) is 0 Å². The molecule has 2 rings (SSSR count). The molecule has 0 aliphatic carbocycles. The van der Waals surface area contributed by atoms with E-state index in [2.05, 4.69) is 11.3 Å². The van der Waals surface area contributed by atoms with Gasteiger partial charge in [0.05, 0.1) is 13.7 Å². The highest BCUT2D eigenvalue weighted by molar-refractivity contribution is 8.16. The number of hydrogen-bond acceptors (Lipinski definition) is 7. The predicted octanol–water partition coefficient (Wildman–Crippen LogP) is 4.13. The van der Waals surface area contributed by atoms with Gasteiger partial charge in [0.1, 0.15) is 12.4 Å². The largest absolute Gasteiger partial charge is 0.461 e. The van der Waals surface area contributed by atoms with Crippen LogP contribution in [0.1, 0.15) is 24.0 Å². The number of ketones is 1. The van der Waals surface area contributed by atoms with Gasteiger partial charge in [-0.1, -0.05) is 48.6 Å². The number of allylic oxidation sites excluding steroid dienone is 2. The zero-order valence-electron chi connectivity index (χ0n) is 17.5. The van der Waals surface area contributed by atoms with Crippen molar-refractivity contribution in [2.75, 3.05) is 33.4 Å². The summed E-state index contributed by atoms with van der Waals surface area (Å²) in [5, 5.41) is 2.91. The molecular weight excluding hydrogens is 404 g/mol. The second-order valence-electron chi connectivity index (χ2n) is 6.82. The van der Waals surface area contributed by atoms with Gasteiger partial charge in [-0.05, 0) is 35.6 Å². The molecule has 0 atom stereocenters. The van der Waals surface area contributed by atoms with Crippen molar-refractivity contribution in [3.05, 3.63) is 59.0 Å². The number of carbonyl (C=O) groups excluding carboxylic acids is 3. The van der Waals surface area contributed by atoms with Crippen molar-refractivity contribution >= 4 is 28.9 Å². The van der Waals surface area contributed by atoms with Crippen LogP contribution in [0, 0.1) is 6.92 Å². The van der Waals surface area contributed by atoms with E-state index in [4.69, 9.17) is 4.74 Å². The standard InChI is InChI=1S/C22H28N2O5S/c1-4-6-20(30-22(27)28-3)10-12-24-21(26)29-14-13-23(24)11-9-19(25)16-18-8-5-7-17(2)15-18/h4-8,15H,1,9-14,16H2,2-3H3/b20-6-. The molecule has 1 fully saturated rings. The van der Waals surface area contributed by atoms with Gasteiger partial charge in [0.25, 0.3) is 0 Å². The molecule has 7 nitrogen and oxygen atoms in total. The summed E-state index contributed by atoms with van der Waals surface area (Å²) in [5.74, 6) is 0.118. The lowest BCUT2D eigenvalue weighted by Crippen LogP contribution is -2.53. The van der Waals surface area contributed by atoms with Crippen molar-refractivity contribution < 1.29 is 23.9 Å². The lowest BCUT2D eigenvalue weighted by atomic mass is 10.0. The fourth-order valence-electron chi connectivity index (χ4n) is 3.07. The van der Waals surface area contributed by atoms with Crippen LogP contribution in [-0.2, 0) is 20.7 Å². The van der Waals surface area contributed by atoms with E-state index in [1.807, 2.05) is 36.2 Å². The van der Waals surface area contributed by atoms with Crippen LogP contribution in [0.2, 0.25) is 0 Å². The number of hydrogen-bond donors (Lipinski definition) is 0. The fourth-order valence-corrected chi connectivity index (χ4v) is 3.73. The van der Waals surface area contributed by atoms with Gasteiger partial charge in [0, 0.05) is 25.9 Å². The maximum Gasteiger partial charge on any atom is 0.424 e. The van der Waals surface area contributed by atoms with Gasteiger partial charge in [0.2, 0.25) is 0 Å². The van der Waals surface area contributed by atoms with E-state index in [1.165, 1.54) is 12.1 Å². The highest BCUT2D eigenvalue weighted by Gasteiger charge is 2.28. The summed E-state index contributed by atoms with van der Waals surface area (Å²) in [6.45, 7) is 7.22. The molecule has 1 aliphatic rings. The van der Waals surface area contributed by atoms with Crippen LogP contribution < -0.4 is 0 Å². The summed E-state index contributed by atoms with van der Waals surface area (Å²) >= 11 is 0.958. The number of rotatable bonds is 10. The quantitative estimate of drug-likeness (QED) is 0.406. The molecule has 162 valence electrons. The number of Topliss-reactive ketones (excluding diaryl/α,β-unsaturated/α-hetero) is 1. The molecule has 1 heterocycles. The number of hydrazine groups is 1. The Kier molecular flexibility index (Phi) is 9.63. The summed E-state index contributed by atoms with van der Waals surface area (Å²) in [7, 11) is 1.32. The number of cyclic esters (lactones) is 1. The molecule has 0 aromatic heterocycles. The molecule has 0 unspecified atom stereocenters. The Morgan fingerprint density at radius 1 is 1.30 bits per heavy atom. The highest BCUT2D eigenvalue weighted by atomic mass is 32.2. The maximum atomic E-state index is 12.4. The van der Waals surface area contributed by atoms with Crippen LogP contribution >= 0.6 is 11.8 Å². The minimum atomic E-state index is -0.451. The Balaban J connectivity index is 1.92. The van der Waals surface area contributed by atoms with Crippen molar-refractivity contribution in [1.82, 2.24) is 10.0 Å². The molecule has 0 bridgehead atoms. The van der Waals surface area contributed by atoms with Gasteiger partial charge in [-0.2, -0.15) is 0 Å². The summed E-state index contributed by atoms with van der Waals surface area (Å²) in [4.78, 5) is 37.0. The third-order valence-corrected chi connectivity index (χ3v) is 5.45. The first-order chi connectivity index (χ1) is 14.4. The zero-order valence-corrected chi connectivity index (χ0v) is 18.3. The van der Waals surface area contributed by atoms with E-state index in [0.29, 0.717) is 38.9 Å². The van der Waals surface area contributed by atoms with Gasteiger partial charge in [-0.25, -0.2) is 19.6 Å². The minimum Gasteiger partial charge on any atom is -0.461 e. The predicted molar refractivity (Wildman–Crippen MR) is 117 cm³/mol. The van der Waals surface area contributed by atoms with Crippen LogP contribution in [0.15, 0.2) is 47.9 Å². The van der Waals surface area contributed by atoms with Crippen molar-refractivity contribution in [3.8, 4) is 0 Å². The monoisotopic (exact) mass is 432 g/mol. The SMILES string of the molecule is C=C/C=C(/CCN1C(=O)OCCN1CCC(=O)Cc1cccc(C)c1)SC(=O)OC. The van der Waals surface area contributed by atoms with Gasteiger partial charge in [0.15, 0.2) is 0 Å². The molecule has 1 saturated heterocycles. The van der Waals surface area contributed by atoms with Gasteiger partial charge in [-0.15, -0.1) is 0 Å². The average molecular weight is 433 g/mol. The Morgan fingerprint density at radius 3 is 2.80 bits per heavy atom. The Labute approximate surface area is 181 Å². The molecule has 1 amide bonds. The third-order valence-electron chi connectivity index (χ3n) is 4.51. The van der Waals surface area contributed by atoms with Gasteiger partial charge in [-0.3, -0.25) is 4.79 Å². The van der Waals surface area contributed by atoms with Crippen molar-refractivity contribution in [2.45, 2.75) is 26.2 Å². The van der Waals surface area contributed by atoms with Crippen LogP contribution in [-0.4, -0.2) is 60.5 Å². The molecular formula is C22H28N2O5S. The Hall–Kier alpha value is -2.58. The topological polar surface area (TPSA) is 76.2 Å². The summed E-state index contributed by atoms with van der Waals surface area (Å²) in [6, 6.07) is 7.90. The number of ether oxygens (including phenoxy) is 2. The van der Waals surface area contributed by atoms with Gasteiger partial charge < -0.3 is 9.47 Å². The summed E-state index contributed by atoms with van der Waals surface area (Å²) in [6.07, 6.45) is 4.00. The number of carbonyl (C=O) groups is 3.